The molecule has 7 nitrogen and oxygen atoms in total. The molecular formula is C27H28N4O3S2. The summed E-state index contributed by atoms with van der Waals surface area (Å²) in [5, 5.41) is 2.47. The van der Waals surface area contributed by atoms with E-state index in [4.69, 9.17) is 4.99 Å². The second-order valence-corrected chi connectivity index (χ2v) is 11.8. The molecule has 1 fully saturated rings. The van der Waals surface area contributed by atoms with Crippen LogP contribution in [-0.2, 0) is 14.8 Å². The van der Waals surface area contributed by atoms with Crippen molar-refractivity contribution in [3.63, 3.8) is 0 Å². The molecule has 1 N–H and O–H groups in total. The molecule has 186 valence electrons. The lowest BCUT2D eigenvalue weighted by Crippen LogP contribution is -2.43. The van der Waals surface area contributed by atoms with Crippen molar-refractivity contribution in [1.82, 2.24) is 9.80 Å². The molecule has 3 aromatic carbocycles. The molecule has 1 saturated heterocycles. The number of benzene rings is 3. The van der Waals surface area contributed by atoms with Gasteiger partial charge in [-0.15, -0.1) is 0 Å². The molecule has 1 amide bonds. The summed E-state index contributed by atoms with van der Waals surface area (Å²) in [4.78, 5) is 21.9. The first-order valence-electron chi connectivity index (χ1n) is 11.8. The van der Waals surface area contributed by atoms with Gasteiger partial charge in [0, 0.05) is 37.5 Å². The van der Waals surface area contributed by atoms with Crippen LogP contribution in [0.25, 0.3) is 10.8 Å². The zero-order chi connectivity index (χ0) is 25.4. The molecular weight excluding hydrogens is 492 g/mol. The Morgan fingerprint density at radius 3 is 2.53 bits per heavy atom. The summed E-state index contributed by atoms with van der Waals surface area (Å²) < 4.78 is 29.2. The molecule has 0 aliphatic carbocycles. The lowest BCUT2D eigenvalue weighted by atomic mass is 9.93. The number of rotatable bonds is 5. The maximum Gasteiger partial charge on any atom is 0.262 e. The number of allylic oxidation sites excluding steroid dienone is 1. The van der Waals surface area contributed by atoms with Crippen LogP contribution in [0.2, 0.25) is 0 Å². The lowest BCUT2D eigenvalue weighted by molar-refractivity contribution is -0.125. The number of carbonyl (C=O) groups excluding carboxylic acids is 1. The van der Waals surface area contributed by atoms with E-state index in [1.165, 1.54) is 0 Å². The average molecular weight is 521 g/mol. The highest BCUT2D eigenvalue weighted by Crippen LogP contribution is 2.40. The SMILES string of the molecule is CC1=C(C(=O)N(C)C)C(c2ccc(NS(=O)(=O)c3cccc4ccccc34)cc2)N2CCCSC2=N1. The third-order valence-corrected chi connectivity index (χ3v) is 8.93. The van der Waals surface area contributed by atoms with Crippen molar-refractivity contribution in [2.24, 2.45) is 4.99 Å². The van der Waals surface area contributed by atoms with E-state index in [1.807, 2.05) is 49.4 Å². The summed E-state index contributed by atoms with van der Waals surface area (Å²) in [6.45, 7) is 2.69. The minimum absolute atomic E-state index is 0.0726. The fraction of sp³-hybridized carbons (Fsp3) is 0.259. The second kappa shape index (κ2) is 9.63. The van der Waals surface area contributed by atoms with Gasteiger partial charge in [-0.2, -0.15) is 0 Å². The number of nitrogens with zero attached hydrogens (tertiary/aromatic N) is 3. The van der Waals surface area contributed by atoms with Gasteiger partial charge in [0.25, 0.3) is 15.9 Å². The molecule has 2 heterocycles. The number of hydrogen-bond acceptors (Lipinski definition) is 6. The Labute approximate surface area is 215 Å². The van der Waals surface area contributed by atoms with Crippen molar-refractivity contribution >= 4 is 49.3 Å². The predicted molar refractivity (Wildman–Crippen MR) is 147 cm³/mol. The van der Waals surface area contributed by atoms with E-state index in [0.717, 1.165) is 40.5 Å². The van der Waals surface area contributed by atoms with Crippen LogP contribution in [0.3, 0.4) is 0 Å². The molecule has 3 aromatic rings. The molecule has 0 spiro atoms. The average Bonchev–Trinajstić information content (AvgIpc) is 2.87. The molecule has 0 aromatic heterocycles. The van der Waals surface area contributed by atoms with Crippen LogP contribution in [0.5, 0.6) is 0 Å². The van der Waals surface area contributed by atoms with Crippen molar-refractivity contribution in [2.45, 2.75) is 24.3 Å². The number of likely N-dealkylation sites (N-methyl/N-ethyl adjacent to an activating group) is 1. The van der Waals surface area contributed by atoms with Crippen LogP contribution in [-0.4, -0.2) is 55.7 Å². The lowest BCUT2D eigenvalue weighted by Gasteiger charge is -2.41. The molecule has 1 atom stereocenters. The number of thioether (sulfide) groups is 1. The van der Waals surface area contributed by atoms with Gasteiger partial charge in [-0.3, -0.25) is 9.52 Å². The van der Waals surface area contributed by atoms with Crippen molar-refractivity contribution in [2.75, 3.05) is 31.1 Å². The molecule has 0 saturated carbocycles. The minimum atomic E-state index is -3.79. The molecule has 9 heteroatoms. The molecule has 0 radical (unpaired) electrons. The van der Waals surface area contributed by atoms with Crippen LogP contribution < -0.4 is 4.72 Å². The van der Waals surface area contributed by atoms with Crippen LogP contribution in [0.4, 0.5) is 5.69 Å². The standard InChI is InChI=1S/C27H28N4O3S2/c1-18-24(26(32)30(2)3)25(31-16-7-17-35-27(31)28-18)20-12-14-21(15-13-20)29-36(33,34)23-11-6-9-19-8-4-5-10-22(19)23/h4-6,8-15,25,29H,7,16-17H2,1-3H3. The number of aliphatic imine (C=N–C) groups is 1. The maximum atomic E-state index is 13.3. The first-order chi connectivity index (χ1) is 17.3. The van der Waals surface area contributed by atoms with Crippen molar-refractivity contribution in [1.29, 1.82) is 0 Å². The third-order valence-electron chi connectivity index (χ3n) is 6.41. The van der Waals surface area contributed by atoms with E-state index in [1.54, 1.807) is 55.0 Å². The Kier molecular flexibility index (Phi) is 6.53. The topological polar surface area (TPSA) is 82.1 Å². The van der Waals surface area contributed by atoms with E-state index < -0.39 is 10.0 Å². The number of carbonyl (C=O) groups is 1. The number of sulfonamides is 1. The predicted octanol–water partition coefficient (Wildman–Crippen LogP) is 4.85. The summed E-state index contributed by atoms with van der Waals surface area (Å²) in [5.41, 5.74) is 2.75. The highest BCUT2D eigenvalue weighted by molar-refractivity contribution is 8.13. The summed E-state index contributed by atoms with van der Waals surface area (Å²) >= 11 is 1.71. The number of nitrogens with one attached hydrogen (secondary N) is 1. The van der Waals surface area contributed by atoms with Gasteiger partial charge < -0.3 is 9.80 Å². The monoisotopic (exact) mass is 520 g/mol. The number of anilines is 1. The van der Waals surface area contributed by atoms with Crippen LogP contribution in [0.1, 0.15) is 24.9 Å². The van der Waals surface area contributed by atoms with E-state index in [2.05, 4.69) is 9.62 Å². The van der Waals surface area contributed by atoms with Gasteiger partial charge in [-0.25, -0.2) is 13.4 Å². The first kappa shape index (κ1) is 24.4. The zero-order valence-electron chi connectivity index (χ0n) is 20.4. The molecule has 36 heavy (non-hydrogen) atoms. The van der Waals surface area contributed by atoms with Gasteiger partial charge in [0.05, 0.1) is 22.2 Å². The van der Waals surface area contributed by atoms with Gasteiger partial charge in [0.15, 0.2) is 5.17 Å². The van der Waals surface area contributed by atoms with Crippen LogP contribution >= 0.6 is 11.8 Å². The van der Waals surface area contributed by atoms with Crippen molar-refractivity contribution < 1.29 is 13.2 Å². The molecule has 1 unspecified atom stereocenters. The molecule has 0 bridgehead atoms. The quantitative estimate of drug-likeness (QED) is 0.520. The second-order valence-electron chi connectivity index (χ2n) is 9.10. The fourth-order valence-corrected chi connectivity index (χ4v) is 7.01. The van der Waals surface area contributed by atoms with E-state index >= 15 is 0 Å². The maximum absolute atomic E-state index is 13.3. The first-order valence-corrected chi connectivity index (χ1v) is 14.2. The third kappa shape index (κ3) is 4.49. The Morgan fingerprint density at radius 1 is 1.06 bits per heavy atom. The number of hydrogen-bond donors (Lipinski definition) is 1. The largest absolute Gasteiger partial charge is 0.345 e. The van der Waals surface area contributed by atoms with E-state index in [0.29, 0.717) is 16.6 Å². The highest BCUT2D eigenvalue weighted by atomic mass is 32.2. The van der Waals surface area contributed by atoms with Gasteiger partial charge in [0.1, 0.15) is 0 Å². The van der Waals surface area contributed by atoms with E-state index in [9.17, 15) is 13.2 Å². The number of amidine groups is 1. The number of fused-ring (bicyclic) bond motifs is 2. The summed E-state index contributed by atoms with van der Waals surface area (Å²) in [5.74, 6) is 0.929. The van der Waals surface area contributed by atoms with Gasteiger partial charge in [-0.1, -0.05) is 60.3 Å². The Morgan fingerprint density at radius 2 is 1.78 bits per heavy atom. The van der Waals surface area contributed by atoms with Crippen LogP contribution in [0, 0.1) is 0 Å². The minimum Gasteiger partial charge on any atom is -0.345 e. The molecule has 5 rings (SSSR count). The van der Waals surface area contributed by atoms with Crippen LogP contribution in [0.15, 0.2) is 87.9 Å². The summed E-state index contributed by atoms with van der Waals surface area (Å²) in [6, 6.07) is 19.7. The normalized spacial score (nSPS) is 18.0. The van der Waals surface area contributed by atoms with Crippen molar-refractivity contribution in [3.8, 4) is 0 Å². The molecule has 2 aliphatic heterocycles. The van der Waals surface area contributed by atoms with Gasteiger partial charge in [0.2, 0.25) is 0 Å². The Hall–Kier alpha value is -3.30. The fourth-order valence-electron chi connectivity index (χ4n) is 4.70. The Bertz CT molecular complexity index is 1490. The smallest absolute Gasteiger partial charge is 0.262 e. The Balaban J connectivity index is 1.48. The van der Waals surface area contributed by atoms with E-state index in [-0.39, 0.29) is 16.8 Å². The van der Waals surface area contributed by atoms with Crippen molar-refractivity contribution in [3.05, 3.63) is 83.6 Å². The summed E-state index contributed by atoms with van der Waals surface area (Å²) in [6.07, 6.45) is 1.01. The molecule has 2 aliphatic rings. The summed E-state index contributed by atoms with van der Waals surface area (Å²) in [7, 11) is -0.304. The number of amides is 1. The highest BCUT2D eigenvalue weighted by Gasteiger charge is 2.37. The zero-order valence-corrected chi connectivity index (χ0v) is 22.1. The van der Waals surface area contributed by atoms with Gasteiger partial charge in [-0.05, 0) is 42.5 Å². The van der Waals surface area contributed by atoms with Gasteiger partial charge >= 0.3 is 0 Å².